The van der Waals surface area contributed by atoms with E-state index in [1.165, 1.54) is 0 Å². The van der Waals surface area contributed by atoms with Crippen molar-refractivity contribution < 1.29 is 18.0 Å². The maximum Gasteiger partial charge on any atom is 0.391 e. The summed E-state index contributed by atoms with van der Waals surface area (Å²) in [6.45, 7) is 0. The molecule has 0 bridgehead atoms. The number of carbonyl (C=O) groups excluding carboxylic acids is 1. The molecule has 2 unspecified atom stereocenters. The van der Waals surface area contributed by atoms with Gasteiger partial charge >= 0.3 is 6.18 Å². The Kier molecular flexibility index (Phi) is 6.53. The molecule has 124 valence electrons. The minimum atomic E-state index is -4.17. The van der Waals surface area contributed by atoms with Crippen molar-refractivity contribution in [3.05, 3.63) is 29.8 Å². The van der Waals surface area contributed by atoms with Crippen LogP contribution in [-0.2, 0) is 11.2 Å². The predicted molar refractivity (Wildman–Crippen MR) is 81.8 cm³/mol. The molecule has 3 N–H and O–H groups in total. The first-order valence-electron chi connectivity index (χ1n) is 7.05. The van der Waals surface area contributed by atoms with Crippen LogP contribution in [0.1, 0.15) is 31.2 Å². The largest absolute Gasteiger partial charge is 0.399 e. The molecule has 0 aromatic heterocycles. The van der Waals surface area contributed by atoms with Crippen LogP contribution in [0.15, 0.2) is 24.3 Å². The highest BCUT2D eigenvalue weighted by Crippen LogP contribution is 2.37. The molecule has 1 aromatic carbocycles. The zero-order valence-corrected chi connectivity index (χ0v) is 12.8. The molecule has 2 atom stereocenters. The van der Waals surface area contributed by atoms with Crippen LogP contribution in [0, 0.1) is 5.92 Å². The maximum atomic E-state index is 12.7. The lowest BCUT2D eigenvalue weighted by Crippen LogP contribution is -2.42. The molecule has 0 radical (unpaired) electrons. The Hall–Kier alpha value is -1.43. The number of benzene rings is 1. The van der Waals surface area contributed by atoms with Gasteiger partial charge in [-0.15, -0.1) is 12.4 Å². The number of alkyl halides is 3. The highest BCUT2D eigenvalue weighted by atomic mass is 35.5. The summed E-state index contributed by atoms with van der Waals surface area (Å²) < 4.78 is 38.1. The average Bonchev–Trinajstić information content (AvgIpc) is 2.41. The van der Waals surface area contributed by atoms with Crippen molar-refractivity contribution in [2.75, 3.05) is 5.73 Å². The van der Waals surface area contributed by atoms with Gasteiger partial charge in [-0.05, 0) is 37.0 Å². The van der Waals surface area contributed by atoms with Crippen LogP contribution in [0.2, 0.25) is 0 Å². The van der Waals surface area contributed by atoms with Crippen molar-refractivity contribution in [1.29, 1.82) is 0 Å². The van der Waals surface area contributed by atoms with Gasteiger partial charge in [-0.2, -0.15) is 13.2 Å². The molecule has 0 aliphatic heterocycles. The van der Waals surface area contributed by atoms with E-state index in [1.807, 2.05) is 0 Å². The highest BCUT2D eigenvalue weighted by molar-refractivity contribution is 5.85. The van der Waals surface area contributed by atoms with E-state index in [0.717, 1.165) is 5.56 Å². The molecule has 1 fully saturated rings. The molecule has 1 aliphatic carbocycles. The minimum absolute atomic E-state index is 0. The normalized spacial score (nSPS) is 21.8. The number of carbonyl (C=O) groups is 1. The van der Waals surface area contributed by atoms with Crippen molar-refractivity contribution in [2.45, 2.75) is 44.3 Å². The van der Waals surface area contributed by atoms with Gasteiger partial charge in [-0.1, -0.05) is 18.6 Å². The third-order valence-electron chi connectivity index (χ3n) is 3.85. The Balaban J connectivity index is 0.00000242. The number of hydrogen-bond donors (Lipinski definition) is 2. The topological polar surface area (TPSA) is 55.1 Å². The molecule has 1 amide bonds. The second kappa shape index (κ2) is 7.72. The third-order valence-corrected chi connectivity index (χ3v) is 3.85. The summed E-state index contributed by atoms with van der Waals surface area (Å²) in [5, 5.41) is 2.71. The van der Waals surface area contributed by atoms with E-state index in [0.29, 0.717) is 18.5 Å². The quantitative estimate of drug-likeness (QED) is 0.830. The molecule has 1 saturated carbocycles. The van der Waals surface area contributed by atoms with E-state index in [-0.39, 0.29) is 43.6 Å². The van der Waals surface area contributed by atoms with E-state index >= 15 is 0 Å². The van der Waals surface area contributed by atoms with Crippen molar-refractivity contribution in [2.24, 2.45) is 5.92 Å². The fraction of sp³-hybridized carbons (Fsp3) is 0.533. The number of anilines is 1. The van der Waals surface area contributed by atoms with Gasteiger partial charge in [0.05, 0.1) is 12.3 Å². The molecular weight excluding hydrogens is 317 g/mol. The predicted octanol–water partition coefficient (Wildman–Crippen LogP) is 3.47. The first kappa shape index (κ1) is 18.6. The van der Waals surface area contributed by atoms with E-state index in [1.54, 1.807) is 24.3 Å². The van der Waals surface area contributed by atoms with Crippen molar-refractivity contribution in [3.8, 4) is 0 Å². The average molecular weight is 337 g/mol. The lowest BCUT2D eigenvalue weighted by Gasteiger charge is -2.31. The first-order valence-corrected chi connectivity index (χ1v) is 7.05. The van der Waals surface area contributed by atoms with Gasteiger partial charge in [-0.3, -0.25) is 4.79 Å². The van der Waals surface area contributed by atoms with Crippen molar-refractivity contribution in [3.63, 3.8) is 0 Å². The Bertz CT molecular complexity index is 491. The molecule has 0 saturated heterocycles. The van der Waals surface area contributed by atoms with Gasteiger partial charge in [0.15, 0.2) is 0 Å². The smallest absolute Gasteiger partial charge is 0.391 e. The van der Waals surface area contributed by atoms with Gasteiger partial charge in [0.25, 0.3) is 0 Å². The Labute approximate surface area is 133 Å². The fourth-order valence-corrected chi connectivity index (χ4v) is 2.72. The van der Waals surface area contributed by atoms with Crippen LogP contribution in [0.25, 0.3) is 0 Å². The fourth-order valence-electron chi connectivity index (χ4n) is 2.72. The van der Waals surface area contributed by atoms with Gasteiger partial charge in [0, 0.05) is 11.7 Å². The van der Waals surface area contributed by atoms with Gasteiger partial charge in [0.1, 0.15) is 0 Å². The van der Waals surface area contributed by atoms with E-state index in [9.17, 15) is 18.0 Å². The summed E-state index contributed by atoms with van der Waals surface area (Å²) in [7, 11) is 0. The maximum absolute atomic E-state index is 12.7. The van der Waals surface area contributed by atoms with E-state index in [4.69, 9.17) is 5.73 Å². The molecule has 22 heavy (non-hydrogen) atoms. The van der Waals surface area contributed by atoms with Gasteiger partial charge in [-0.25, -0.2) is 0 Å². The number of nitrogens with two attached hydrogens (primary N) is 1. The second-order valence-electron chi connectivity index (χ2n) is 5.59. The van der Waals surface area contributed by atoms with Crippen LogP contribution >= 0.6 is 12.4 Å². The zero-order valence-electron chi connectivity index (χ0n) is 12.0. The molecule has 0 heterocycles. The third kappa shape index (κ3) is 5.40. The van der Waals surface area contributed by atoms with Gasteiger partial charge in [0.2, 0.25) is 5.91 Å². The number of hydrogen-bond acceptors (Lipinski definition) is 2. The molecule has 1 aliphatic rings. The van der Waals surface area contributed by atoms with Crippen LogP contribution in [0.4, 0.5) is 18.9 Å². The van der Waals surface area contributed by atoms with Crippen LogP contribution in [-0.4, -0.2) is 18.1 Å². The lowest BCUT2D eigenvalue weighted by molar-refractivity contribution is -0.184. The van der Waals surface area contributed by atoms with E-state index in [2.05, 4.69) is 5.32 Å². The SMILES string of the molecule is Cl.Nc1ccc(CC(=O)NC2CCCC(C(F)(F)F)C2)cc1. The Morgan fingerprint density at radius 2 is 1.86 bits per heavy atom. The minimum Gasteiger partial charge on any atom is -0.399 e. The number of halogens is 4. The summed E-state index contributed by atoms with van der Waals surface area (Å²) in [5.41, 5.74) is 6.96. The van der Waals surface area contributed by atoms with E-state index < -0.39 is 12.1 Å². The standard InChI is InChI=1S/C15H19F3N2O.ClH/c16-15(17,18)11-2-1-3-13(9-11)20-14(21)8-10-4-6-12(19)7-5-10;/h4-7,11,13H,1-3,8-9,19H2,(H,20,21);1H. The summed E-state index contributed by atoms with van der Waals surface area (Å²) in [4.78, 5) is 11.9. The zero-order chi connectivity index (χ0) is 15.5. The molecule has 1 aromatic rings. The highest BCUT2D eigenvalue weighted by Gasteiger charge is 2.42. The van der Waals surface area contributed by atoms with Crippen LogP contribution in [0.3, 0.4) is 0 Å². The summed E-state index contributed by atoms with van der Waals surface area (Å²) in [6.07, 6.45) is -2.75. The first-order chi connectivity index (χ1) is 9.84. The van der Waals surface area contributed by atoms with Crippen molar-refractivity contribution in [1.82, 2.24) is 5.32 Å². The van der Waals surface area contributed by atoms with Gasteiger partial charge < -0.3 is 11.1 Å². The number of nitrogens with one attached hydrogen (secondary N) is 1. The molecule has 3 nitrogen and oxygen atoms in total. The monoisotopic (exact) mass is 336 g/mol. The molecule has 0 spiro atoms. The molecular formula is C15H20ClF3N2O. The van der Waals surface area contributed by atoms with Crippen LogP contribution in [0.5, 0.6) is 0 Å². The summed E-state index contributed by atoms with van der Waals surface area (Å²) in [6, 6.07) is 6.50. The second-order valence-corrected chi connectivity index (χ2v) is 5.59. The number of rotatable bonds is 3. The lowest BCUT2D eigenvalue weighted by atomic mass is 9.85. The molecule has 7 heteroatoms. The number of amides is 1. The van der Waals surface area contributed by atoms with Crippen molar-refractivity contribution >= 4 is 24.0 Å². The Morgan fingerprint density at radius 3 is 2.45 bits per heavy atom. The van der Waals surface area contributed by atoms with Crippen LogP contribution < -0.4 is 11.1 Å². The Morgan fingerprint density at radius 1 is 1.23 bits per heavy atom. The number of nitrogen functional groups attached to an aromatic ring is 1. The summed E-state index contributed by atoms with van der Waals surface area (Å²) in [5.74, 6) is -1.54. The molecule has 2 rings (SSSR count). The summed E-state index contributed by atoms with van der Waals surface area (Å²) >= 11 is 0.